The molecule has 0 saturated heterocycles. The van der Waals surface area contributed by atoms with Gasteiger partial charge in [0, 0.05) is 17.6 Å². The molecule has 0 bridgehead atoms. The van der Waals surface area contributed by atoms with E-state index in [-0.39, 0.29) is 5.91 Å². The predicted molar refractivity (Wildman–Crippen MR) is 78.5 cm³/mol. The molecule has 0 aliphatic heterocycles. The van der Waals surface area contributed by atoms with Gasteiger partial charge in [-0.25, -0.2) is 0 Å². The molecular formula is C15H21ClN2O. The van der Waals surface area contributed by atoms with Gasteiger partial charge >= 0.3 is 0 Å². The topological polar surface area (TPSA) is 41.1 Å². The van der Waals surface area contributed by atoms with Gasteiger partial charge in [-0.2, -0.15) is 0 Å². The molecular weight excluding hydrogens is 260 g/mol. The quantitative estimate of drug-likeness (QED) is 0.868. The zero-order valence-electron chi connectivity index (χ0n) is 11.5. The Hall–Kier alpha value is -1.06. The minimum Gasteiger partial charge on any atom is -0.355 e. The van der Waals surface area contributed by atoms with E-state index >= 15 is 0 Å². The van der Waals surface area contributed by atoms with Crippen molar-refractivity contribution in [2.75, 3.05) is 13.1 Å². The van der Waals surface area contributed by atoms with Crippen LogP contribution in [0, 0.1) is 5.92 Å². The summed E-state index contributed by atoms with van der Waals surface area (Å²) in [6.07, 6.45) is 1.93. The van der Waals surface area contributed by atoms with Gasteiger partial charge in [0.1, 0.15) is 0 Å². The molecule has 2 N–H and O–H groups in total. The second-order valence-corrected chi connectivity index (χ2v) is 6.03. The molecule has 1 unspecified atom stereocenters. The third-order valence-electron chi connectivity index (χ3n) is 3.36. The number of rotatable bonds is 5. The van der Waals surface area contributed by atoms with Gasteiger partial charge in [0.15, 0.2) is 0 Å². The summed E-state index contributed by atoms with van der Waals surface area (Å²) >= 11 is 5.98. The standard InChI is InChI=1S/C15H21ClN2O/c1-10(2)8-18-15(19)9-17-14-6-11-3-4-13(16)5-12(11)7-14/h3-5,10,14,17H,6-9H2,1-2H3,(H,18,19). The molecule has 104 valence electrons. The first-order valence-corrected chi connectivity index (χ1v) is 7.19. The smallest absolute Gasteiger partial charge is 0.233 e. The Morgan fingerprint density at radius 2 is 2.11 bits per heavy atom. The van der Waals surface area contributed by atoms with Crippen molar-refractivity contribution in [3.05, 3.63) is 34.3 Å². The van der Waals surface area contributed by atoms with E-state index in [9.17, 15) is 4.79 Å². The summed E-state index contributed by atoms with van der Waals surface area (Å²) in [4.78, 5) is 11.6. The van der Waals surface area contributed by atoms with E-state index in [1.54, 1.807) is 0 Å². The Balaban J connectivity index is 1.76. The summed E-state index contributed by atoms with van der Waals surface area (Å²) in [6, 6.07) is 6.38. The molecule has 1 atom stereocenters. The van der Waals surface area contributed by atoms with Gasteiger partial charge in [0.25, 0.3) is 0 Å². The second-order valence-electron chi connectivity index (χ2n) is 5.60. The van der Waals surface area contributed by atoms with Gasteiger partial charge in [-0.1, -0.05) is 31.5 Å². The van der Waals surface area contributed by atoms with Crippen LogP contribution in [0.25, 0.3) is 0 Å². The zero-order chi connectivity index (χ0) is 13.8. The Kier molecular flexibility index (Phi) is 4.83. The average Bonchev–Trinajstić information content (AvgIpc) is 2.75. The minimum atomic E-state index is 0.0719. The number of halogens is 1. The molecule has 1 aromatic rings. The lowest BCUT2D eigenvalue weighted by molar-refractivity contribution is -0.120. The first kappa shape index (κ1) is 14.4. The van der Waals surface area contributed by atoms with Crippen molar-refractivity contribution in [1.82, 2.24) is 10.6 Å². The van der Waals surface area contributed by atoms with Gasteiger partial charge in [-0.15, -0.1) is 0 Å². The number of fused-ring (bicyclic) bond motifs is 1. The number of nitrogens with one attached hydrogen (secondary N) is 2. The Morgan fingerprint density at radius 3 is 2.84 bits per heavy atom. The lowest BCUT2D eigenvalue weighted by Crippen LogP contribution is -2.40. The Labute approximate surface area is 119 Å². The van der Waals surface area contributed by atoms with Gasteiger partial charge < -0.3 is 10.6 Å². The maximum absolute atomic E-state index is 11.6. The van der Waals surface area contributed by atoms with Crippen LogP contribution in [0.5, 0.6) is 0 Å². The van der Waals surface area contributed by atoms with Crippen LogP contribution in [0.2, 0.25) is 5.02 Å². The highest BCUT2D eigenvalue weighted by Crippen LogP contribution is 2.25. The molecule has 4 heteroatoms. The first-order chi connectivity index (χ1) is 9.04. The summed E-state index contributed by atoms with van der Waals surface area (Å²) in [6.45, 7) is 5.30. The highest BCUT2D eigenvalue weighted by molar-refractivity contribution is 6.30. The van der Waals surface area contributed by atoms with Gasteiger partial charge in [0.05, 0.1) is 6.54 Å². The summed E-state index contributed by atoms with van der Waals surface area (Å²) in [5.41, 5.74) is 2.64. The predicted octanol–water partition coefficient (Wildman–Crippen LogP) is 2.17. The fourth-order valence-electron chi connectivity index (χ4n) is 2.35. The highest BCUT2D eigenvalue weighted by Gasteiger charge is 2.21. The molecule has 0 radical (unpaired) electrons. The molecule has 0 saturated carbocycles. The van der Waals surface area contributed by atoms with Gasteiger partial charge in [-0.05, 0) is 42.0 Å². The van der Waals surface area contributed by atoms with Crippen molar-refractivity contribution in [3.8, 4) is 0 Å². The fourth-order valence-corrected chi connectivity index (χ4v) is 2.54. The summed E-state index contributed by atoms with van der Waals surface area (Å²) in [5.74, 6) is 0.560. The molecule has 0 spiro atoms. The van der Waals surface area contributed by atoms with Crippen molar-refractivity contribution in [1.29, 1.82) is 0 Å². The van der Waals surface area contributed by atoms with E-state index in [0.717, 1.165) is 24.4 Å². The molecule has 1 amide bonds. The maximum Gasteiger partial charge on any atom is 0.233 e. The highest BCUT2D eigenvalue weighted by atomic mass is 35.5. The van der Waals surface area contributed by atoms with Crippen molar-refractivity contribution >= 4 is 17.5 Å². The summed E-state index contributed by atoms with van der Waals surface area (Å²) in [7, 11) is 0. The van der Waals surface area contributed by atoms with Crippen LogP contribution in [-0.4, -0.2) is 25.0 Å². The van der Waals surface area contributed by atoms with Gasteiger partial charge in [0.2, 0.25) is 5.91 Å². The number of amides is 1. The molecule has 2 rings (SSSR count). The van der Waals surface area contributed by atoms with Crippen LogP contribution in [0.4, 0.5) is 0 Å². The van der Waals surface area contributed by atoms with Crippen LogP contribution < -0.4 is 10.6 Å². The van der Waals surface area contributed by atoms with Crippen LogP contribution in [0.1, 0.15) is 25.0 Å². The number of hydrogen-bond acceptors (Lipinski definition) is 2. The van der Waals surface area contributed by atoms with Crippen molar-refractivity contribution < 1.29 is 4.79 Å². The van der Waals surface area contributed by atoms with Crippen LogP contribution in [0.3, 0.4) is 0 Å². The lowest BCUT2D eigenvalue weighted by atomic mass is 10.1. The monoisotopic (exact) mass is 280 g/mol. The molecule has 1 aliphatic carbocycles. The Bertz CT molecular complexity index is 459. The van der Waals surface area contributed by atoms with Crippen LogP contribution in [-0.2, 0) is 17.6 Å². The molecule has 0 fully saturated rings. The number of carbonyl (C=O) groups excluding carboxylic acids is 1. The molecule has 0 aromatic heterocycles. The van der Waals surface area contributed by atoms with E-state index in [2.05, 4.69) is 30.5 Å². The lowest BCUT2D eigenvalue weighted by Gasteiger charge is -2.12. The zero-order valence-corrected chi connectivity index (χ0v) is 12.3. The normalized spacial score (nSPS) is 17.6. The van der Waals surface area contributed by atoms with Crippen LogP contribution >= 0.6 is 11.6 Å². The molecule has 3 nitrogen and oxygen atoms in total. The first-order valence-electron chi connectivity index (χ1n) is 6.82. The largest absolute Gasteiger partial charge is 0.355 e. The fraction of sp³-hybridized carbons (Fsp3) is 0.533. The number of benzene rings is 1. The molecule has 0 heterocycles. The van der Waals surface area contributed by atoms with Gasteiger partial charge in [-0.3, -0.25) is 4.79 Å². The number of hydrogen-bond donors (Lipinski definition) is 2. The average molecular weight is 281 g/mol. The third-order valence-corrected chi connectivity index (χ3v) is 3.59. The molecule has 1 aromatic carbocycles. The number of carbonyl (C=O) groups is 1. The maximum atomic E-state index is 11.6. The molecule has 19 heavy (non-hydrogen) atoms. The molecule has 1 aliphatic rings. The Morgan fingerprint density at radius 1 is 1.37 bits per heavy atom. The SMILES string of the molecule is CC(C)CNC(=O)CNC1Cc2ccc(Cl)cc2C1. The minimum absolute atomic E-state index is 0.0719. The van der Waals surface area contributed by atoms with E-state index in [1.165, 1.54) is 11.1 Å². The van der Waals surface area contributed by atoms with E-state index in [1.807, 2.05) is 12.1 Å². The van der Waals surface area contributed by atoms with E-state index < -0.39 is 0 Å². The van der Waals surface area contributed by atoms with Crippen LogP contribution in [0.15, 0.2) is 18.2 Å². The van der Waals surface area contributed by atoms with E-state index in [4.69, 9.17) is 11.6 Å². The van der Waals surface area contributed by atoms with E-state index in [0.29, 0.717) is 18.5 Å². The summed E-state index contributed by atoms with van der Waals surface area (Å²) < 4.78 is 0. The van der Waals surface area contributed by atoms with Crippen molar-refractivity contribution in [2.45, 2.75) is 32.7 Å². The summed E-state index contributed by atoms with van der Waals surface area (Å²) in [5, 5.41) is 7.02. The third kappa shape index (κ3) is 4.22. The van der Waals surface area contributed by atoms with Crippen molar-refractivity contribution in [3.63, 3.8) is 0 Å². The second kappa shape index (κ2) is 6.40. The van der Waals surface area contributed by atoms with Crippen molar-refractivity contribution in [2.24, 2.45) is 5.92 Å².